The highest BCUT2D eigenvalue weighted by Crippen LogP contribution is 2.26. The third-order valence-corrected chi connectivity index (χ3v) is 4.35. The average Bonchev–Trinajstić information content (AvgIpc) is 2.85. The number of nitrogens with zero attached hydrogens (tertiary/aromatic N) is 1. The maximum atomic E-state index is 3.53. The van der Waals surface area contributed by atoms with Gasteiger partial charge in [-0.2, -0.15) is 0 Å². The third kappa shape index (κ3) is 2.70. The molecule has 2 atom stereocenters. The average molecular weight is 230 g/mol. The van der Waals surface area contributed by atoms with E-state index in [1.165, 1.54) is 51.1 Å². The van der Waals surface area contributed by atoms with E-state index in [0.717, 1.165) is 11.8 Å². The Balaban J connectivity index is 1.50. The summed E-state index contributed by atoms with van der Waals surface area (Å²) in [7, 11) is 0. The molecular formula is C15H22N2. The van der Waals surface area contributed by atoms with Gasteiger partial charge in [0, 0.05) is 13.1 Å². The number of fused-ring (bicyclic) bond motifs is 1. The van der Waals surface area contributed by atoms with Crippen molar-refractivity contribution in [2.24, 2.45) is 11.8 Å². The van der Waals surface area contributed by atoms with Gasteiger partial charge in [0.25, 0.3) is 0 Å². The molecule has 0 bridgehead atoms. The first-order valence-electron chi connectivity index (χ1n) is 6.89. The molecule has 1 aromatic carbocycles. The highest BCUT2D eigenvalue weighted by molar-refractivity contribution is 5.14. The molecule has 0 radical (unpaired) electrons. The third-order valence-electron chi connectivity index (χ3n) is 4.35. The van der Waals surface area contributed by atoms with Crippen LogP contribution in [-0.2, 0) is 6.42 Å². The zero-order chi connectivity index (χ0) is 11.5. The molecule has 2 fully saturated rings. The summed E-state index contributed by atoms with van der Waals surface area (Å²) in [5.74, 6) is 1.88. The fourth-order valence-corrected chi connectivity index (χ4v) is 3.25. The van der Waals surface area contributed by atoms with Crippen LogP contribution < -0.4 is 5.32 Å². The molecule has 17 heavy (non-hydrogen) atoms. The fourth-order valence-electron chi connectivity index (χ4n) is 3.25. The highest BCUT2D eigenvalue weighted by Gasteiger charge is 2.32. The Bertz CT molecular complexity index is 349. The molecule has 0 amide bonds. The van der Waals surface area contributed by atoms with Gasteiger partial charge in [-0.15, -0.1) is 0 Å². The van der Waals surface area contributed by atoms with Gasteiger partial charge in [0.1, 0.15) is 0 Å². The van der Waals surface area contributed by atoms with Crippen LogP contribution >= 0.6 is 0 Å². The van der Waals surface area contributed by atoms with E-state index in [9.17, 15) is 0 Å². The van der Waals surface area contributed by atoms with E-state index in [4.69, 9.17) is 0 Å². The van der Waals surface area contributed by atoms with Crippen molar-refractivity contribution in [2.45, 2.75) is 12.8 Å². The Morgan fingerprint density at radius 2 is 1.94 bits per heavy atom. The Labute approximate surface area is 104 Å². The van der Waals surface area contributed by atoms with E-state index in [2.05, 4.69) is 40.5 Å². The lowest BCUT2D eigenvalue weighted by Gasteiger charge is -2.34. The van der Waals surface area contributed by atoms with Gasteiger partial charge in [-0.1, -0.05) is 30.3 Å². The monoisotopic (exact) mass is 230 g/mol. The second kappa shape index (κ2) is 5.19. The van der Waals surface area contributed by atoms with Gasteiger partial charge in [-0.05, 0) is 49.9 Å². The second-order valence-electron chi connectivity index (χ2n) is 5.50. The van der Waals surface area contributed by atoms with Crippen LogP contribution in [0.3, 0.4) is 0 Å². The molecular weight excluding hydrogens is 208 g/mol. The molecule has 3 rings (SSSR count). The van der Waals surface area contributed by atoms with Gasteiger partial charge in [0.2, 0.25) is 0 Å². The van der Waals surface area contributed by atoms with Crippen molar-refractivity contribution in [1.82, 2.24) is 10.2 Å². The first-order chi connectivity index (χ1) is 8.42. The minimum atomic E-state index is 0.916. The first-order valence-corrected chi connectivity index (χ1v) is 6.89. The van der Waals surface area contributed by atoms with Crippen LogP contribution in [0.25, 0.3) is 0 Å². The quantitative estimate of drug-likeness (QED) is 0.851. The number of likely N-dealkylation sites (tertiary alicyclic amines) is 1. The number of piperidine rings is 1. The lowest BCUT2D eigenvalue weighted by molar-refractivity contribution is 0.150. The number of nitrogens with one attached hydrogen (secondary N) is 1. The predicted octanol–water partition coefficient (Wildman–Crippen LogP) is 1.77. The van der Waals surface area contributed by atoms with Crippen LogP contribution in [0.5, 0.6) is 0 Å². The largest absolute Gasteiger partial charge is 0.316 e. The molecule has 2 unspecified atom stereocenters. The van der Waals surface area contributed by atoms with Crippen molar-refractivity contribution in [3.05, 3.63) is 35.9 Å². The number of hydrogen-bond donors (Lipinski definition) is 1. The maximum absolute atomic E-state index is 3.53. The zero-order valence-electron chi connectivity index (χ0n) is 10.4. The Kier molecular flexibility index (Phi) is 3.44. The Morgan fingerprint density at radius 3 is 2.82 bits per heavy atom. The molecule has 2 heteroatoms. The molecule has 1 N–H and O–H groups in total. The van der Waals surface area contributed by atoms with Crippen LogP contribution in [0.15, 0.2) is 30.3 Å². The van der Waals surface area contributed by atoms with E-state index in [-0.39, 0.29) is 0 Å². The molecule has 2 aliphatic rings. The van der Waals surface area contributed by atoms with Gasteiger partial charge in [-0.3, -0.25) is 0 Å². The number of benzene rings is 1. The zero-order valence-corrected chi connectivity index (χ0v) is 10.4. The summed E-state index contributed by atoms with van der Waals surface area (Å²) in [6.45, 7) is 6.34. The minimum absolute atomic E-state index is 0.916. The van der Waals surface area contributed by atoms with Crippen molar-refractivity contribution < 1.29 is 0 Å². The molecule has 2 saturated heterocycles. The van der Waals surface area contributed by atoms with E-state index < -0.39 is 0 Å². The summed E-state index contributed by atoms with van der Waals surface area (Å²) in [6.07, 6.45) is 2.60. The lowest BCUT2D eigenvalue weighted by atomic mass is 9.88. The second-order valence-corrected chi connectivity index (χ2v) is 5.50. The summed E-state index contributed by atoms with van der Waals surface area (Å²) >= 11 is 0. The van der Waals surface area contributed by atoms with Crippen molar-refractivity contribution >= 4 is 0 Å². The summed E-state index contributed by atoms with van der Waals surface area (Å²) < 4.78 is 0. The first kappa shape index (κ1) is 11.2. The van der Waals surface area contributed by atoms with Gasteiger partial charge >= 0.3 is 0 Å². The summed E-state index contributed by atoms with van der Waals surface area (Å²) in [5.41, 5.74) is 1.47. The molecule has 2 nitrogen and oxygen atoms in total. The van der Waals surface area contributed by atoms with Crippen LogP contribution in [0.2, 0.25) is 0 Å². The van der Waals surface area contributed by atoms with Crippen molar-refractivity contribution in [3.8, 4) is 0 Å². The SMILES string of the molecule is c1ccc(CCN2CCC3CNCC3C2)cc1. The number of hydrogen-bond acceptors (Lipinski definition) is 2. The van der Waals surface area contributed by atoms with Crippen LogP contribution in [0.1, 0.15) is 12.0 Å². The van der Waals surface area contributed by atoms with Crippen molar-refractivity contribution in [1.29, 1.82) is 0 Å². The molecule has 92 valence electrons. The topological polar surface area (TPSA) is 15.3 Å². The highest BCUT2D eigenvalue weighted by atomic mass is 15.1. The van der Waals surface area contributed by atoms with Crippen LogP contribution in [0, 0.1) is 11.8 Å². The minimum Gasteiger partial charge on any atom is -0.316 e. The molecule has 0 spiro atoms. The smallest absolute Gasteiger partial charge is 0.00251 e. The van der Waals surface area contributed by atoms with E-state index in [1.807, 2.05) is 0 Å². The molecule has 1 aromatic rings. The van der Waals surface area contributed by atoms with Crippen molar-refractivity contribution in [2.75, 3.05) is 32.7 Å². The summed E-state index contributed by atoms with van der Waals surface area (Å²) in [6, 6.07) is 10.9. The molecule has 2 aliphatic heterocycles. The maximum Gasteiger partial charge on any atom is 0.00251 e. The fraction of sp³-hybridized carbons (Fsp3) is 0.600. The Morgan fingerprint density at radius 1 is 1.12 bits per heavy atom. The van der Waals surface area contributed by atoms with Gasteiger partial charge < -0.3 is 10.2 Å². The van der Waals surface area contributed by atoms with Crippen LogP contribution in [-0.4, -0.2) is 37.6 Å². The predicted molar refractivity (Wildman–Crippen MR) is 71.1 cm³/mol. The van der Waals surface area contributed by atoms with Gasteiger partial charge in [0.15, 0.2) is 0 Å². The standard InChI is InChI=1S/C15H22N2/c1-2-4-13(5-3-1)6-8-17-9-7-14-10-16-11-15(14)12-17/h1-5,14-16H,6-12H2. The lowest BCUT2D eigenvalue weighted by Crippen LogP contribution is -2.40. The normalized spacial score (nSPS) is 29.2. The summed E-state index contributed by atoms with van der Waals surface area (Å²) in [5, 5.41) is 3.53. The van der Waals surface area contributed by atoms with E-state index >= 15 is 0 Å². The molecule has 0 aromatic heterocycles. The van der Waals surface area contributed by atoms with E-state index in [0.29, 0.717) is 0 Å². The van der Waals surface area contributed by atoms with Crippen LogP contribution in [0.4, 0.5) is 0 Å². The molecule has 2 heterocycles. The van der Waals surface area contributed by atoms with Gasteiger partial charge in [-0.25, -0.2) is 0 Å². The molecule has 0 aliphatic carbocycles. The Hall–Kier alpha value is -0.860. The van der Waals surface area contributed by atoms with E-state index in [1.54, 1.807) is 0 Å². The van der Waals surface area contributed by atoms with Gasteiger partial charge in [0.05, 0.1) is 0 Å². The van der Waals surface area contributed by atoms with Crippen molar-refractivity contribution in [3.63, 3.8) is 0 Å². The summed E-state index contributed by atoms with van der Waals surface area (Å²) in [4.78, 5) is 2.65. The number of rotatable bonds is 3. The molecule has 0 saturated carbocycles.